The Morgan fingerprint density at radius 2 is 1.95 bits per heavy atom. The maximum absolute atomic E-state index is 13.7. The van der Waals surface area contributed by atoms with Crippen molar-refractivity contribution in [2.24, 2.45) is 0 Å². The number of halogens is 1. The van der Waals surface area contributed by atoms with Crippen molar-refractivity contribution in [3.05, 3.63) is 45.6 Å². The largest absolute Gasteiger partial charge is 0.342 e. The van der Waals surface area contributed by atoms with E-state index >= 15 is 0 Å². The molecule has 3 nitrogen and oxygen atoms in total. The number of hydrogen-bond donors (Lipinski definition) is 1. The first-order valence-electron chi connectivity index (χ1n) is 6.55. The summed E-state index contributed by atoms with van der Waals surface area (Å²) in [6, 6.07) is 6.20. The summed E-state index contributed by atoms with van der Waals surface area (Å²) >= 11 is 5.30. The first-order valence-corrected chi connectivity index (χ1v) is 6.95. The van der Waals surface area contributed by atoms with E-state index < -0.39 is 5.82 Å². The first kappa shape index (κ1) is 15.3. The van der Waals surface area contributed by atoms with Crippen molar-refractivity contribution in [2.45, 2.75) is 33.1 Å². The van der Waals surface area contributed by atoms with Gasteiger partial charge in [-0.15, -0.1) is 0 Å². The Hall–Kier alpha value is -2.06. The lowest BCUT2D eigenvalue weighted by molar-refractivity contribution is 0.544. The second-order valence-electron chi connectivity index (χ2n) is 5.98. The summed E-state index contributed by atoms with van der Waals surface area (Å²) in [6.45, 7) is 7.90. The average Bonchev–Trinajstić information content (AvgIpc) is 2.39. The number of H-pyrrole nitrogens is 1. The molecule has 1 N–H and O–H groups in total. The van der Waals surface area contributed by atoms with Crippen LogP contribution in [0.5, 0.6) is 0 Å². The predicted octanol–water partition coefficient (Wildman–Crippen LogP) is 4.42. The van der Waals surface area contributed by atoms with Crippen molar-refractivity contribution in [3.63, 3.8) is 0 Å². The minimum absolute atomic E-state index is 0.207. The fourth-order valence-corrected chi connectivity index (χ4v) is 2.17. The molecule has 2 aromatic rings. The van der Waals surface area contributed by atoms with Gasteiger partial charge in [0.05, 0.1) is 17.3 Å². The Morgan fingerprint density at radius 3 is 2.52 bits per heavy atom. The zero-order valence-electron chi connectivity index (χ0n) is 12.4. The van der Waals surface area contributed by atoms with Crippen LogP contribution in [-0.4, -0.2) is 9.97 Å². The number of rotatable bonds is 1. The van der Waals surface area contributed by atoms with E-state index in [0.717, 1.165) is 11.4 Å². The molecule has 0 unspecified atom stereocenters. The molecule has 0 amide bonds. The lowest BCUT2D eigenvalue weighted by Crippen LogP contribution is -2.17. The summed E-state index contributed by atoms with van der Waals surface area (Å²) in [5.41, 5.74) is 2.14. The SMILES string of the molecule is Cc1c(-c2cc(F)cc(C#N)c2)[nH]c(C(C)(C)C)nc1=S. The molecule has 0 bridgehead atoms. The minimum atomic E-state index is -0.447. The summed E-state index contributed by atoms with van der Waals surface area (Å²) in [6.07, 6.45) is 0. The van der Waals surface area contributed by atoms with Gasteiger partial charge in [0.2, 0.25) is 0 Å². The molecule has 0 aliphatic rings. The van der Waals surface area contributed by atoms with Crippen LogP contribution in [0, 0.1) is 28.7 Å². The van der Waals surface area contributed by atoms with Crippen LogP contribution in [0.3, 0.4) is 0 Å². The van der Waals surface area contributed by atoms with Gasteiger partial charge in [0.15, 0.2) is 0 Å². The second kappa shape index (κ2) is 5.38. The van der Waals surface area contributed by atoms with Gasteiger partial charge in [-0.1, -0.05) is 33.0 Å². The van der Waals surface area contributed by atoms with Crippen molar-refractivity contribution < 1.29 is 4.39 Å². The number of benzene rings is 1. The third-order valence-electron chi connectivity index (χ3n) is 3.18. The van der Waals surface area contributed by atoms with Crippen molar-refractivity contribution >= 4 is 12.2 Å². The Labute approximate surface area is 128 Å². The van der Waals surface area contributed by atoms with Crippen molar-refractivity contribution in [1.29, 1.82) is 5.26 Å². The molecule has 0 radical (unpaired) electrons. The summed E-state index contributed by atoms with van der Waals surface area (Å²) in [4.78, 5) is 7.63. The summed E-state index contributed by atoms with van der Waals surface area (Å²) in [7, 11) is 0. The summed E-state index contributed by atoms with van der Waals surface area (Å²) in [5.74, 6) is 0.285. The molecule has 0 aliphatic carbocycles. The van der Waals surface area contributed by atoms with Gasteiger partial charge in [-0.2, -0.15) is 5.26 Å². The van der Waals surface area contributed by atoms with Gasteiger partial charge in [-0.25, -0.2) is 9.37 Å². The van der Waals surface area contributed by atoms with E-state index in [1.807, 2.05) is 33.8 Å². The highest BCUT2D eigenvalue weighted by molar-refractivity contribution is 7.71. The molecule has 0 saturated carbocycles. The highest BCUT2D eigenvalue weighted by Gasteiger charge is 2.19. The van der Waals surface area contributed by atoms with Gasteiger partial charge in [0, 0.05) is 16.5 Å². The van der Waals surface area contributed by atoms with Crippen LogP contribution in [0.4, 0.5) is 4.39 Å². The fraction of sp³-hybridized carbons (Fsp3) is 0.312. The average molecular weight is 301 g/mol. The van der Waals surface area contributed by atoms with Crippen molar-refractivity contribution in [3.8, 4) is 17.3 Å². The molecule has 108 valence electrons. The van der Waals surface area contributed by atoms with E-state index in [4.69, 9.17) is 17.5 Å². The monoisotopic (exact) mass is 301 g/mol. The molecule has 0 fully saturated rings. The van der Waals surface area contributed by atoms with Crippen LogP contribution in [-0.2, 0) is 5.41 Å². The van der Waals surface area contributed by atoms with Crippen molar-refractivity contribution in [2.75, 3.05) is 0 Å². The molecule has 2 rings (SSSR count). The molecule has 0 aliphatic heterocycles. The van der Waals surface area contributed by atoms with Crippen LogP contribution in [0.25, 0.3) is 11.3 Å². The quantitative estimate of drug-likeness (QED) is 0.793. The number of nitrogens with zero attached hydrogens (tertiary/aromatic N) is 2. The van der Waals surface area contributed by atoms with Gasteiger partial charge < -0.3 is 4.98 Å². The molecule has 0 saturated heterocycles. The topological polar surface area (TPSA) is 52.5 Å². The smallest absolute Gasteiger partial charge is 0.133 e. The molecular formula is C16H16FN3S. The van der Waals surface area contributed by atoms with E-state index in [2.05, 4.69) is 9.97 Å². The number of aromatic amines is 1. The van der Waals surface area contributed by atoms with E-state index in [1.54, 1.807) is 6.07 Å². The zero-order chi connectivity index (χ0) is 15.8. The van der Waals surface area contributed by atoms with Gasteiger partial charge in [-0.3, -0.25) is 0 Å². The molecular weight excluding hydrogens is 285 g/mol. The fourth-order valence-electron chi connectivity index (χ4n) is 1.97. The summed E-state index contributed by atoms with van der Waals surface area (Å²) < 4.78 is 14.1. The Balaban J connectivity index is 2.75. The lowest BCUT2D eigenvalue weighted by Gasteiger charge is -2.20. The Kier molecular flexibility index (Phi) is 3.93. The third-order valence-corrected chi connectivity index (χ3v) is 3.58. The Bertz CT molecular complexity index is 795. The van der Waals surface area contributed by atoms with Crippen LogP contribution >= 0.6 is 12.2 Å². The maximum atomic E-state index is 13.7. The normalized spacial score (nSPS) is 11.2. The third kappa shape index (κ3) is 3.17. The molecule has 1 aromatic heterocycles. The molecule has 0 atom stereocenters. The second-order valence-corrected chi connectivity index (χ2v) is 6.37. The van der Waals surface area contributed by atoms with Crippen molar-refractivity contribution in [1.82, 2.24) is 9.97 Å². The van der Waals surface area contributed by atoms with E-state index in [-0.39, 0.29) is 11.0 Å². The van der Waals surface area contributed by atoms with E-state index in [0.29, 0.717) is 15.9 Å². The standard InChI is InChI=1S/C16H16FN3S/c1-9-13(11-5-10(8-18)6-12(17)7-11)19-15(16(2,3)4)20-14(9)21/h5-7H,1-4H3,(H,19,20,21). The lowest BCUT2D eigenvalue weighted by atomic mass is 9.95. The maximum Gasteiger partial charge on any atom is 0.133 e. The molecule has 5 heteroatoms. The zero-order valence-corrected chi connectivity index (χ0v) is 13.2. The predicted molar refractivity (Wildman–Crippen MR) is 83.0 cm³/mol. The highest BCUT2D eigenvalue weighted by atomic mass is 32.1. The molecule has 0 spiro atoms. The van der Waals surface area contributed by atoms with Gasteiger partial charge in [0.25, 0.3) is 0 Å². The van der Waals surface area contributed by atoms with Crippen LogP contribution in [0.2, 0.25) is 0 Å². The number of aromatic nitrogens is 2. The van der Waals surface area contributed by atoms with E-state index in [9.17, 15) is 4.39 Å². The molecule has 1 heterocycles. The number of nitrogens with one attached hydrogen (secondary N) is 1. The van der Waals surface area contributed by atoms with Crippen LogP contribution in [0.1, 0.15) is 37.7 Å². The Morgan fingerprint density at radius 1 is 1.29 bits per heavy atom. The van der Waals surface area contributed by atoms with Gasteiger partial charge in [0.1, 0.15) is 16.3 Å². The highest BCUT2D eigenvalue weighted by Crippen LogP contribution is 2.27. The minimum Gasteiger partial charge on any atom is -0.342 e. The first-order chi connectivity index (χ1) is 9.72. The van der Waals surface area contributed by atoms with Gasteiger partial charge >= 0.3 is 0 Å². The molecule has 1 aromatic carbocycles. The summed E-state index contributed by atoms with van der Waals surface area (Å²) in [5, 5.41) is 8.98. The van der Waals surface area contributed by atoms with E-state index in [1.165, 1.54) is 12.1 Å². The molecule has 21 heavy (non-hydrogen) atoms. The van der Waals surface area contributed by atoms with Crippen LogP contribution in [0.15, 0.2) is 18.2 Å². The van der Waals surface area contributed by atoms with Gasteiger partial charge in [-0.05, 0) is 25.1 Å². The number of hydrogen-bond acceptors (Lipinski definition) is 3. The number of nitriles is 1. The van der Waals surface area contributed by atoms with Crippen LogP contribution < -0.4 is 0 Å².